The number of nitro benzene ring substituents is 1. The van der Waals surface area contributed by atoms with E-state index in [0.29, 0.717) is 6.07 Å². The lowest BCUT2D eigenvalue weighted by Gasteiger charge is -2.09. The highest BCUT2D eigenvalue weighted by atomic mass is 19.1. The highest BCUT2D eigenvalue weighted by molar-refractivity contribution is 6.00. The normalized spacial score (nSPS) is 10.2. The number of nitro groups is 1. The van der Waals surface area contributed by atoms with Gasteiger partial charge in [-0.05, 0) is 24.6 Å². The van der Waals surface area contributed by atoms with E-state index in [0.717, 1.165) is 6.07 Å². The van der Waals surface area contributed by atoms with Crippen molar-refractivity contribution in [1.82, 2.24) is 5.32 Å². The molecule has 0 unspecified atom stereocenters. The number of amides is 2. The minimum Gasteiger partial charge on any atom is -0.343 e. The molecule has 0 saturated carbocycles. The van der Waals surface area contributed by atoms with Gasteiger partial charge in [0.1, 0.15) is 17.3 Å². The number of carbonyl (C=O) groups excluding carboxylic acids is 2. The summed E-state index contributed by atoms with van der Waals surface area (Å²) in [5.41, 5.74) is -0.661. The molecule has 0 aliphatic heterocycles. The number of rotatable bonds is 5. The van der Waals surface area contributed by atoms with Gasteiger partial charge >= 0.3 is 0 Å². The van der Waals surface area contributed by atoms with Crippen LogP contribution in [0.25, 0.3) is 0 Å². The van der Waals surface area contributed by atoms with Crippen LogP contribution in [0.3, 0.4) is 0 Å². The Morgan fingerprint density at radius 2 is 1.84 bits per heavy atom. The fourth-order valence-electron chi connectivity index (χ4n) is 2.02. The number of hydrogen-bond acceptors (Lipinski definition) is 4. The summed E-state index contributed by atoms with van der Waals surface area (Å²) in [6.45, 7) is 0.827. The van der Waals surface area contributed by atoms with Crippen LogP contribution in [0, 0.1) is 28.7 Å². The molecule has 0 radical (unpaired) electrons. The summed E-state index contributed by atoms with van der Waals surface area (Å²) in [5.74, 6) is -3.48. The number of benzene rings is 2. The number of para-hydroxylation sites is 2. The third kappa shape index (κ3) is 4.34. The van der Waals surface area contributed by atoms with Crippen molar-refractivity contribution in [3.63, 3.8) is 0 Å². The summed E-state index contributed by atoms with van der Waals surface area (Å²) in [7, 11) is 0. The molecule has 0 fully saturated rings. The number of nitrogens with zero attached hydrogens (tertiary/aromatic N) is 1. The zero-order valence-corrected chi connectivity index (χ0v) is 13.0. The Morgan fingerprint density at radius 1 is 1.16 bits per heavy atom. The van der Waals surface area contributed by atoms with Gasteiger partial charge in [-0.1, -0.05) is 12.1 Å². The van der Waals surface area contributed by atoms with Gasteiger partial charge in [-0.2, -0.15) is 0 Å². The number of carbonyl (C=O) groups is 2. The number of hydrogen-bond donors (Lipinski definition) is 2. The molecule has 0 atom stereocenters. The molecule has 2 N–H and O–H groups in total. The molecule has 2 rings (SSSR count). The summed E-state index contributed by atoms with van der Waals surface area (Å²) in [4.78, 5) is 33.9. The Labute approximate surface area is 140 Å². The summed E-state index contributed by atoms with van der Waals surface area (Å²) in [6, 6.07) is 7.09. The van der Waals surface area contributed by atoms with Crippen molar-refractivity contribution >= 4 is 23.2 Å². The van der Waals surface area contributed by atoms with E-state index in [1.54, 1.807) is 0 Å². The predicted molar refractivity (Wildman–Crippen MR) is 85.2 cm³/mol. The molecule has 0 saturated heterocycles. The van der Waals surface area contributed by atoms with E-state index in [4.69, 9.17) is 0 Å². The summed E-state index contributed by atoms with van der Waals surface area (Å²) in [6.07, 6.45) is 0. The van der Waals surface area contributed by atoms with Crippen LogP contribution >= 0.6 is 0 Å². The van der Waals surface area contributed by atoms with Gasteiger partial charge < -0.3 is 10.6 Å². The fraction of sp³-hybridized carbons (Fsp3) is 0.125. The first-order valence-corrected chi connectivity index (χ1v) is 7.06. The van der Waals surface area contributed by atoms with Gasteiger partial charge in [0.2, 0.25) is 5.91 Å². The number of anilines is 1. The Morgan fingerprint density at radius 3 is 2.52 bits per heavy atom. The molecule has 0 bridgehead atoms. The van der Waals surface area contributed by atoms with Crippen LogP contribution in [0.15, 0.2) is 36.4 Å². The van der Waals surface area contributed by atoms with Crippen molar-refractivity contribution in [2.75, 3.05) is 11.9 Å². The van der Waals surface area contributed by atoms with Crippen molar-refractivity contribution in [3.05, 3.63) is 69.3 Å². The van der Waals surface area contributed by atoms with Crippen molar-refractivity contribution in [2.45, 2.75) is 6.92 Å². The second-order valence-corrected chi connectivity index (χ2v) is 5.09. The van der Waals surface area contributed by atoms with Gasteiger partial charge in [-0.3, -0.25) is 19.7 Å². The van der Waals surface area contributed by atoms with Crippen LogP contribution in [0.4, 0.5) is 20.2 Å². The average Bonchev–Trinajstić information content (AvgIpc) is 2.56. The maximum atomic E-state index is 13.6. The fourth-order valence-corrected chi connectivity index (χ4v) is 2.02. The van der Waals surface area contributed by atoms with Crippen LogP contribution in [-0.4, -0.2) is 23.3 Å². The van der Waals surface area contributed by atoms with E-state index in [1.807, 2.05) is 0 Å². The molecular weight excluding hydrogens is 336 g/mol. The predicted octanol–water partition coefficient (Wildman–Crippen LogP) is 2.55. The van der Waals surface area contributed by atoms with E-state index in [1.165, 1.54) is 31.2 Å². The number of aryl methyl sites for hydroxylation is 1. The molecule has 2 aromatic carbocycles. The maximum absolute atomic E-state index is 13.6. The molecule has 7 nitrogen and oxygen atoms in total. The summed E-state index contributed by atoms with van der Waals surface area (Å²) >= 11 is 0. The van der Waals surface area contributed by atoms with Crippen LogP contribution < -0.4 is 10.6 Å². The van der Waals surface area contributed by atoms with Crippen LogP contribution in [0.2, 0.25) is 0 Å². The highest BCUT2D eigenvalue weighted by Gasteiger charge is 2.17. The highest BCUT2D eigenvalue weighted by Crippen LogP contribution is 2.22. The average molecular weight is 349 g/mol. The third-order valence-electron chi connectivity index (χ3n) is 3.28. The molecule has 0 aromatic heterocycles. The van der Waals surface area contributed by atoms with Crippen LogP contribution in [0.5, 0.6) is 0 Å². The molecule has 0 aliphatic rings. The first-order chi connectivity index (χ1) is 11.8. The second kappa shape index (κ2) is 7.47. The molecular formula is C16H13F2N3O4. The maximum Gasteiger partial charge on any atom is 0.292 e. The lowest BCUT2D eigenvalue weighted by atomic mass is 10.1. The first-order valence-electron chi connectivity index (χ1n) is 7.06. The van der Waals surface area contributed by atoms with Crippen molar-refractivity contribution in [2.24, 2.45) is 0 Å². The minimum atomic E-state index is -1.06. The Bertz CT molecular complexity index is 855. The zero-order valence-electron chi connectivity index (χ0n) is 13.0. The van der Waals surface area contributed by atoms with Crippen molar-refractivity contribution in [3.8, 4) is 0 Å². The summed E-state index contributed by atoms with van der Waals surface area (Å²) < 4.78 is 26.8. The van der Waals surface area contributed by atoms with Gasteiger partial charge in [-0.15, -0.1) is 0 Å². The summed E-state index contributed by atoms with van der Waals surface area (Å²) in [5, 5.41) is 15.3. The lowest BCUT2D eigenvalue weighted by Crippen LogP contribution is -2.33. The Balaban J connectivity index is 2.02. The van der Waals surface area contributed by atoms with Crippen molar-refractivity contribution in [1.29, 1.82) is 0 Å². The third-order valence-corrected chi connectivity index (χ3v) is 3.28. The molecule has 9 heteroatoms. The van der Waals surface area contributed by atoms with E-state index in [-0.39, 0.29) is 16.9 Å². The van der Waals surface area contributed by atoms with E-state index >= 15 is 0 Å². The zero-order chi connectivity index (χ0) is 18.6. The monoisotopic (exact) mass is 349 g/mol. The van der Waals surface area contributed by atoms with Gasteiger partial charge in [0.15, 0.2) is 0 Å². The Kier molecular flexibility index (Phi) is 5.38. The molecule has 0 aliphatic carbocycles. The molecule has 2 amide bonds. The minimum absolute atomic E-state index is 0.0319. The number of halogens is 2. The van der Waals surface area contributed by atoms with Crippen LogP contribution in [0.1, 0.15) is 15.9 Å². The van der Waals surface area contributed by atoms with Crippen molar-refractivity contribution < 1.29 is 23.3 Å². The van der Waals surface area contributed by atoms with E-state index in [2.05, 4.69) is 10.6 Å². The molecule has 0 heterocycles. The Hall–Kier alpha value is -3.36. The smallest absolute Gasteiger partial charge is 0.292 e. The van der Waals surface area contributed by atoms with E-state index < -0.39 is 40.5 Å². The molecule has 130 valence electrons. The quantitative estimate of drug-likeness (QED) is 0.640. The van der Waals surface area contributed by atoms with E-state index in [9.17, 15) is 28.5 Å². The van der Waals surface area contributed by atoms with Gasteiger partial charge in [0, 0.05) is 12.1 Å². The topological polar surface area (TPSA) is 101 Å². The SMILES string of the molecule is Cc1cc(C(=O)NCC(=O)Nc2ccccc2[N+](=O)[O-])c(F)cc1F. The van der Waals surface area contributed by atoms with Gasteiger partial charge in [0.05, 0.1) is 17.0 Å². The molecule has 0 spiro atoms. The largest absolute Gasteiger partial charge is 0.343 e. The standard InChI is InChI=1S/C16H13F2N3O4/c1-9-6-10(12(18)7-11(9)17)16(23)19-8-15(22)20-13-4-2-3-5-14(13)21(24)25/h2-7H,8H2,1H3,(H,19,23)(H,20,22). The molecule has 2 aromatic rings. The van der Waals surface area contributed by atoms with Gasteiger partial charge in [0.25, 0.3) is 11.6 Å². The number of nitrogens with one attached hydrogen (secondary N) is 2. The van der Waals surface area contributed by atoms with Crippen LogP contribution in [-0.2, 0) is 4.79 Å². The second-order valence-electron chi connectivity index (χ2n) is 5.09. The first kappa shape index (κ1) is 18.0. The lowest BCUT2D eigenvalue weighted by molar-refractivity contribution is -0.383. The van der Waals surface area contributed by atoms with Gasteiger partial charge in [-0.25, -0.2) is 8.78 Å². The molecule has 25 heavy (non-hydrogen) atoms.